The number of rotatable bonds is 4. The van der Waals surface area contributed by atoms with Crippen molar-refractivity contribution < 1.29 is 9.59 Å². The van der Waals surface area contributed by atoms with E-state index in [2.05, 4.69) is 12.2 Å². The molecule has 0 bridgehead atoms. The van der Waals surface area contributed by atoms with Crippen molar-refractivity contribution in [1.29, 1.82) is 0 Å². The molecule has 0 saturated heterocycles. The lowest BCUT2D eigenvalue weighted by Gasteiger charge is -2.18. The van der Waals surface area contributed by atoms with Crippen molar-refractivity contribution >= 4 is 39.1 Å². The van der Waals surface area contributed by atoms with Crippen molar-refractivity contribution in [2.45, 2.75) is 33.1 Å². The number of hydrogen-bond donors (Lipinski definition) is 2. The predicted octanol–water partition coefficient (Wildman–Crippen LogP) is 5.75. The van der Waals surface area contributed by atoms with Crippen LogP contribution in [0.25, 0.3) is 22.2 Å². The summed E-state index contributed by atoms with van der Waals surface area (Å²) in [5.74, 6) is -0.199. The number of para-hydroxylation sites is 1. The van der Waals surface area contributed by atoms with E-state index >= 15 is 0 Å². The van der Waals surface area contributed by atoms with Gasteiger partial charge in [-0.2, -0.15) is 0 Å². The third-order valence-electron chi connectivity index (χ3n) is 6.29. The van der Waals surface area contributed by atoms with Gasteiger partial charge in [0, 0.05) is 15.8 Å². The highest BCUT2D eigenvalue weighted by atomic mass is 32.1. The average molecular weight is 456 g/mol. The maximum atomic E-state index is 13.5. The Morgan fingerprint density at radius 2 is 1.88 bits per heavy atom. The van der Waals surface area contributed by atoms with E-state index in [0.29, 0.717) is 22.0 Å². The molecule has 2 heterocycles. The molecule has 2 amide bonds. The highest BCUT2D eigenvalue weighted by Gasteiger charge is 2.27. The van der Waals surface area contributed by atoms with Gasteiger partial charge in [-0.3, -0.25) is 9.59 Å². The minimum atomic E-state index is -0.489. The number of nitrogens with two attached hydrogens (primary N) is 1. The second kappa shape index (κ2) is 8.45. The summed E-state index contributed by atoms with van der Waals surface area (Å²) < 4.78 is 0. The first-order valence-corrected chi connectivity index (χ1v) is 11.9. The van der Waals surface area contributed by atoms with Gasteiger partial charge >= 0.3 is 0 Å². The lowest BCUT2D eigenvalue weighted by molar-refractivity contribution is 0.1000. The number of pyridine rings is 1. The van der Waals surface area contributed by atoms with Gasteiger partial charge in [-0.1, -0.05) is 55.0 Å². The molecule has 0 spiro atoms. The Bertz CT molecular complexity index is 1390. The minimum absolute atomic E-state index is 0.267. The summed E-state index contributed by atoms with van der Waals surface area (Å²) >= 11 is 1.48. The number of nitrogens with zero attached hydrogens (tertiary/aromatic N) is 1. The van der Waals surface area contributed by atoms with Crippen molar-refractivity contribution in [2.75, 3.05) is 5.32 Å². The van der Waals surface area contributed by atoms with Crippen LogP contribution in [0.3, 0.4) is 0 Å². The zero-order chi connectivity index (χ0) is 23.1. The van der Waals surface area contributed by atoms with Crippen molar-refractivity contribution in [1.82, 2.24) is 4.98 Å². The fourth-order valence-corrected chi connectivity index (χ4v) is 5.92. The number of benzene rings is 2. The summed E-state index contributed by atoms with van der Waals surface area (Å²) in [5.41, 5.74) is 11.3. The summed E-state index contributed by atoms with van der Waals surface area (Å²) in [7, 11) is 0. The second-order valence-electron chi connectivity index (χ2n) is 8.81. The Labute approximate surface area is 196 Å². The van der Waals surface area contributed by atoms with Gasteiger partial charge in [-0.25, -0.2) is 4.98 Å². The molecule has 1 aliphatic carbocycles. The molecule has 166 valence electrons. The van der Waals surface area contributed by atoms with E-state index in [1.54, 1.807) is 0 Å². The predicted molar refractivity (Wildman–Crippen MR) is 134 cm³/mol. The third kappa shape index (κ3) is 4.02. The van der Waals surface area contributed by atoms with Crippen LogP contribution in [0.1, 0.15) is 50.1 Å². The Hall–Kier alpha value is -3.51. The fourth-order valence-electron chi connectivity index (χ4n) is 4.51. The summed E-state index contributed by atoms with van der Waals surface area (Å²) in [6.45, 7) is 4.24. The van der Waals surface area contributed by atoms with Gasteiger partial charge < -0.3 is 11.1 Å². The maximum Gasteiger partial charge on any atom is 0.257 e. The van der Waals surface area contributed by atoms with Crippen LogP contribution in [0.15, 0.2) is 54.6 Å². The van der Waals surface area contributed by atoms with E-state index in [1.807, 2.05) is 61.5 Å². The largest absolute Gasteiger partial charge is 0.365 e. The number of aromatic nitrogens is 1. The molecule has 5 rings (SSSR count). The summed E-state index contributed by atoms with van der Waals surface area (Å²) in [6, 6.07) is 17.5. The first-order chi connectivity index (χ1) is 15.9. The monoisotopic (exact) mass is 455 g/mol. The molecule has 2 aromatic heterocycles. The van der Waals surface area contributed by atoms with E-state index in [9.17, 15) is 9.59 Å². The molecule has 1 aliphatic rings. The lowest BCUT2D eigenvalue weighted by Crippen LogP contribution is -2.19. The number of primary amides is 1. The van der Waals surface area contributed by atoms with E-state index in [0.717, 1.165) is 57.4 Å². The van der Waals surface area contributed by atoms with Crippen LogP contribution in [-0.2, 0) is 12.8 Å². The highest BCUT2D eigenvalue weighted by Crippen LogP contribution is 2.40. The van der Waals surface area contributed by atoms with Crippen molar-refractivity contribution in [3.63, 3.8) is 0 Å². The normalized spacial score (nSPS) is 15.3. The molecule has 1 atom stereocenters. The summed E-state index contributed by atoms with van der Waals surface area (Å²) in [6.07, 6.45) is 2.75. The first kappa shape index (κ1) is 21.3. The maximum absolute atomic E-state index is 13.5. The molecule has 5 nitrogen and oxygen atoms in total. The van der Waals surface area contributed by atoms with Crippen LogP contribution in [0.4, 0.5) is 5.00 Å². The number of carbonyl (C=O) groups excluding carboxylic acids is 2. The van der Waals surface area contributed by atoms with E-state index in [-0.39, 0.29) is 5.91 Å². The van der Waals surface area contributed by atoms with Gasteiger partial charge in [0.25, 0.3) is 11.8 Å². The molecule has 0 saturated carbocycles. The lowest BCUT2D eigenvalue weighted by atomic mass is 9.88. The molecule has 2 aromatic carbocycles. The fraction of sp³-hybridized carbons (Fsp3) is 0.222. The number of thiophene rings is 1. The SMILES string of the molecule is Cc1ccc(-c2cc(C(=O)Nc3sc4c(c3C(N)=O)CCC(C)C4)c3ccccc3n2)cc1. The number of nitrogens with one attached hydrogen (secondary N) is 1. The van der Waals surface area contributed by atoms with Crippen LogP contribution < -0.4 is 11.1 Å². The van der Waals surface area contributed by atoms with Crippen LogP contribution in [-0.4, -0.2) is 16.8 Å². The number of amides is 2. The van der Waals surface area contributed by atoms with Gasteiger partial charge in [-0.05, 0) is 49.8 Å². The quantitative estimate of drug-likeness (QED) is 0.411. The van der Waals surface area contributed by atoms with Crippen molar-refractivity contribution in [2.24, 2.45) is 11.7 Å². The van der Waals surface area contributed by atoms with E-state index in [1.165, 1.54) is 11.3 Å². The summed E-state index contributed by atoms with van der Waals surface area (Å²) in [5, 5.41) is 4.32. The average Bonchev–Trinajstić information content (AvgIpc) is 3.15. The van der Waals surface area contributed by atoms with Gasteiger partial charge in [0.05, 0.1) is 22.3 Å². The zero-order valence-corrected chi connectivity index (χ0v) is 19.5. The number of fused-ring (bicyclic) bond motifs is 2. The van der Waals surface area contributed by atoms with Crippen LogP contribution in [0.2, 0.25) is 0 Å². The molecule has 0 fully saturated rings. The molecule has 0 radical (unpaired) electrons. The Kier molecular flexibility index (Phi) is 5.46. The number of carbonyl (C=O) groups is 2. The molecular formula is C27H25N3O2S. The molecule has 33 heavy (non-hydrogen) atoms. The molecule has 0 aliphatic heterocycles. The van der Waals surface area contributed by atoms with E-state index < -0.39 is 5.91 Å². The van der Waals surface area contributed by atoms with Gasteiger partial charge in [-0.15, -0.1) is 11.3 Å². The third-order valence-corrected chi connectivity index (χ3v) is 7.46. The molecule has 3 N–H and O–H groups in total. The minimum Gasteiger partial charge on any atom is -0.365 e. The van der Waals surface area contributed by atoms with E-state index in [4.69, 9.17) is 10.7 Å². The topological polar surface area (TPSA) is 85.1 Å². The smallest absolute Gasteiger partial charge is 0.257 e. The van der Waals surface area contributed by atoms with Crippen LogP contribution >= 0.6 is 11.3 Å². The van der Waals surface area contributed by atoms with Crippen LogP contribution in [0, 0.1) is 12.8 Å². The zero-order valence-electron chi connectivity index (χ0n) is 18.6. The van der Waals surface area contributed by atoms with Crippen molar-refractivity contribution in [3.8, 4) is 11.3 Å². The van der Waals surface area contributed by atoms with Crippen molar-refractivity contribution in [3.05, 3.63) is 81.7 Å². The Morgan fingerprint density at radius 3 is 2.64 bits per heavy atom. The highest BCUT2D eigenvalue weighted by molar-refractivity contribution is 7.17. The Morgan fingerprint density at radius 1 is 1.12 bits per heavy atom. The summed E-state index contributed by atoms with van der Waals surface area (Å²) in [4.78, 5) is 31.8. The number of hydrogen-bond acceptors (Lipinski definition) is 4. The van der Waals surface area contributed by atoms with Gasteiger partial charge in [0.15, 0.2) is 0 Å². The Balaban J connectivity index is 1.58. The molecule has 1 unspecified atom stereocenters. The first-order valence-electron chi connectivity index (χ1n) is 11.1. The molecule has 4 aromatic rings. The number of anilines is 1. The standard InChI is InChI=1S/C27H25N3O2S/c1-15-7-10-17(11-8-15)22-14-20(18-5-3-4-6-21(18)29-22)26(32)30-27-24(25(28)31)19-12-9-16(2)13-23(19)33-27/h3-8,10-11,14,16H,9,12-13H2,1-2H3,(H2,28,31)(H,30,32). The van der Waals surface area contributed by atoms with Gasteiger partial charge in [0.1, 0.15) is 5.00 Å². The van der Waals surface area contributed by atoms with Crippen LogP contribution in [0.5, 0.6) is 0 Å². The number of aryl methyl sites for hydroxylation is 1. The molecule has 6 heteroatoms. The van der Waals surface area contributed by atoms with Gasteiger partial charge in [0.2, 0.25) is 0 Å². The molecular weight excluding hydrogens is 430 g/mol. The second-order valence-corrected chi connectivity index (χ2v) is 9.92.